The predicted octanol–water partition coefficient (Wildman–Crippen LogP) is 0.864. The molecule has 1 atom stereocenters. The number of pyridine rings is 1. The van der Waals surface area contributed by atoms with Gasteiger partial charge in [0.15, 0.2) is 0 Å². The molecule has 11 heavy (non-hydrogen) atoms. The number of rotatable bonds is 0. The molecule has 3 nitrogen and oxygen atoms in total. The maximum absolute atomic E-state index is 5.83. The highest BCUT2D eigenvalue weighted by Crippen LogP contribution is 2.27. The predicted molar refractivity (Wildman–Crippen MR) is 41.3 cm³/mol. The van der Waals surface area contributed by atoms with Crippen LogP contribution in [0.15, 0.2) is 18.3 Å². The van der Waals surface area contributed by atoms with E-state index in [2.05, 4.69) is 4.98 Å². The number of nitrogens with two attached hydrogens (primary N) is 1. The first-order valence-corrected chi connectivity index (χ1v) is 3.71. The Kier molecular flexibility index (Phi) is 1.51. The summed E-state index contributed by atoms with van der Waals surface area (Å²) in [6.45, 7) is 0.686. The van der Waals surface area contributed by atoms with E-state index in [0.717, 1.165) is 12.0 Å². The van der Waals surface area contributed by atoms with Crippen LogP contribution in [0.5, 0.6) is 5.88 Å². The summed E-state index contributed by atoms with van der Waals surface area (Å²) in [6.07, 6.45) is 2.61. The van der Waals surface area contributed by atoms with E-state index >= 15 is 0 Å². The smallest absolute Gasteiger partial charge is 0.218 e. The molecule has 0 fully saturated rings. The van der Waals surface area contributed by atoms with Crippen LogP contribution in [0, 0.1) is 0 Å². The van der Waals surface area contributed by atoms with Gasteiger partial charge in [0.1, 0.15) is 0 Å². The van der Waals surface area contributed by atoms with Crippen LogP contribution < -0.4 is 10.5 Å². The first-order valence-electron chi connectivity index (χ1n) is 3.71. The van der Waals surface area contributed by atoms with Crippen molar-refractivity contribution in [3.63, 3.8) is 0 Å². The number of hydrogen-bond donors (Lipinski definition) is 1. The quantitative estimate of drug-likeness (QED) is 0.596. The van der Waals surface area contributed by atoms with Gasteiger partial charge < -0.3 is 10.5 Å². The van der Waals surface area contributed by atoms with Crippen molar-refractivity contribution in [2.45, 2.75) is 12.5 Å². The lowest BCUT2D eigenvalue weighted by Gasteiger charge is -2.20. The molecule has 0 radical (unpaired) electrons. The van der Waals surface area contributed by atoms with E-state index in [0.29, 0.717) is 12.5 Å². The fraction of sp³-hybridized carbons (Fsp3) is 0.375. The minimum Gasteiger partial charge on any atom is -0.477 e. The number of nitrogens with zero attached hydrogens (tertiary/aromatic N) is 1. The topological polar surface area (TPSA) is 48.1 Å². The molecular weight excluding hydrogens is 140 g/mol. The van der Waals surface area contributed by atoms with Crippen molar-refractivity contribution in [2.75, 3.05) is 6.61 Å². The number of ether oxygens (including phenoxy) is 1. The standard InChI is InChI=1S/C8H10N2O/c9-7-3-5-11-8-6(7)2-1-4-10-8/h1-2,4,7H,3,5,9H2. The highest BCUT2D eigenvalue weighted by atomic mass is 16.5. The molecular formula is C8H10N2O. The van der Waals surface area contributed by atoms with Crippen LogP contribution in [0.4, 0.5) is 0 Å². The van der Waals surface area contributed by atoms with Crippen LogP contribution in [0.2, 0.25) is 0 Å². The summed E-state index contributed by atoms with van der Waals surface area (Å²) in [5.41, 5.74) is 6.85. The van der Waals surface area contributed by atoms with Crippen molar-refractivity contribution in [3.8, 4) is 5.88 Å². The molecule has 0 amide bonds. The molecule has 0 bridgehead atoms. The maximum Gasteiger partial charge on any atom is 0.218 e. The molecule has 1 aromatic heterocycles. The fourth-order valence-electron chi connectivity index (χ4n) is 1.24. The van der Waals surface area contributed by atoms with Crippen molar-refractivity contribution in [2.24, 2.45) is 5.73 Å². The lowest BCUT2D eigenvalue weighted by molar-refractivity contribution is 0.257. The molecule has 2 rings (SSSR count). The molecule has 0 saturated heterocycles. The van der Waals surface area contributed by atoms with E-state index in [4.69, 9.17) is 10.5 Å². The SMILES string of the molecule is NC1CCOc2ncccc21. The van der Waals surface area contributed by atoms with Gasteiger partial charge in [0.2, 0.25) is 5.88 Å². The Labute approximate surface area is 65.2 Å². The lowest BCUT2D eigenvalue weighted by Crippen LogP contribution is -2.20. The normalized spacial score (nSPS) is 22.1. The molecule has 0 saturated carbocycles. The van der Waals surface area contributed by atoms with Crippen LogP contribution in [-0.2, 0) is 0 Å². The molecule has 2 heterocycles. The molecule has 0 spiro atoms. The van der Waals surface area contributed by atoms with Crippen LogP contribution >= 0.6 is 0 Å². The summed E-state index contributed by atoms with van der Waals surface area (Å²) in [5, 5.41) is 0. The summed E-state index contributed by atoms with van der Waals surface area (Å²) < 4.78 is 5.30. The third kappa shape index (κ3) is 1.07. The van der Waals surface area contributed by atoms with Gasteiger partial charge in [0.25, 0.3) is 0 Å². The summed E-state index contributed by atoms with van der Waals surface area (Å²) in [5.74, 6) is 0.700. The zero-order valence-corrected chi connectivity index (χ0v) is 6.16. The van der Waals surface area contributed by atoms with E-state index < -0.39 is 0 Å². The maximum atomic E-state index is 5.83. The zero-order valence-electron chi connectivity index (χ0n) is 6.16. The van der Waals surface area contributed by atoms with E-state index in [9.17, 15) is 0 Å². The Hall–Kier alpha value is -1.09. The van der Waals surface area contributed by atoms with Gasteiger partial charge in [-0.1, -0.05) is 6.07 Å². The second-order valence-electron chi connectivity index (χ2n) is 2.64. The number of fused-ring (bicyclic) bond motifs is 1. The van der Waals surface area contributed by atoms with E-state index in [1.165, 1.54) is 0 Å². The first kappa shape index (κ1) is 6.61. The van der Waals surface area contributed by atoms with Crippen LogP contribution in [-0.4, -0.2) is 11.6 Å². The minimum atomic E-state index is 0.104. The average molecular weight is 150 g/mol. The molecule has 1 aliphatic heterocycles. The van der Waals surface area contributed by atoms with Gasteiger partial charge >= 0.3 is 0 Å². The molecule has 1 aromatic rings. The molecule has 2 N–H and O–H groups in total. The Morgan fingerprint density at radius 2 is 2.55 bits per heavy atom. The van der Waals surface area contributed by atoms with Crippen LogP contribution in [0.1, 0.15) is 18.0 Å². The van der Waals surface area contributed by atoms with E-state index in [1.54, 1.807) is 6.20 Å². The molecule has 1 aliphatic rings. The largest absolute Gasteiger partial charge is 0.477 e. The highest BCUT2D eigenvalue weighted by molar-refractivity contribution is 5.30. The zero-order chi connectivity index (χ0) is 7.68. The molecule has 58 valence electrons. The molecule has 0 aliphatic carbocycles. The fourth-order valence-corrected chi connectivity index (χ4v) is 1.24. The van der Waals surface area contributed by atoms with E-state index in [-0.39, 0.29) is 6.04 Å². The Bertz CT molecular complexity index is 262. The Morgan fingerprint density at radius 1 is 1.64 bits per heavy atom. The third-order valence-corrected chi connectivity index (χ3v) is 1.87. The van der Waals surface area contributed by atoms with Gasteiger partial charge in [0, 0.05) is 24.2 Å². The van der Waals surface area contributed by atoms with Crippen molar-refractivity contribution in [1.82, 2.24) is 4.98 Å². The van der Waals surface area contributed by atoms with Crippen molar-refractivity contribution >= 4 is 0 Å². The second kappa shape index (κ2) is 2.51. The Morgan fingerprint density at radius 3 is 3.36 bits per heavy atom. The lowest BCUT2D eigenvalue weighted by atomic mass is 10.1. The van der Waals surface area contributed by atoms with Crippen LogP contribution in [0.3, 0.4) is 0 Å². The van der Waals surface area contributed by atoms with Gasteiger partial charge in [-0.25, -0.2) is 4.98 Å². The molecule has 3 heteroatoms. The second-order valence-corrected chi connectivity index (χ2v) is 2.64. The van der Waals surface area contributed by atoms with E-state index in [1.807, 2.05) is 12.1 Å². The van der Waals surface area contributed by atoms with Gasteiger partial charge in [-0.15, -0.1) is 0 Å². The minimum absolute atomic E-state index is 0.104. The summed E-state index contributed by atoms with van der Waals surface area (Å²) in [6, 6.07) is 3.95. The van der Waals surface area contributed by atoms with Crippen molar-refractivity contribution < 1.29 is 4.74 Å². The summed E-state index contributed by atoms with van der Waals surface area (Å²) in [7, 11) is 0. The van der Waals surface area contributed by atoms with Gasteiger partial charge in [-0.05, 0) is 6.07 Å². The summed E-state index contributed by atoms with van der Waals surface area (Å²) in [4.78, 5) is 4.07. The monoisotopic (exact) mass is 150 g/mol. The highest BCUT2D eigenvalue weighted by Gasteiger charge is 2.17. The van der Waals surface area contributed by atoms with Crippen molar-refractivity contribution in [1.29, 1.82) is 0 Å². The number of aromatic nitrogens is 1. The number of hydrogen-bond acceptors (Lipinski definition) is 3. The van der Waals surface area contributed by atoms with Gasteiger partial charge in [-0.3, -0.25) is 0 Å². The molecule has 1 unspecified atom stereocenters. The third-order valence-electron chi connectivity index (χ3n) is 1.87. The Balaban J connectivity index is 2.44. The van der Waals surface area contributed by atoms with Gasteiger partial charge in [0.05, 0.1) is 6.61 Å². The molecule has 0 aromatic carbocycles. The van der Waals surface area contributed by atoms with Crippen molar-refractivity contribution in [3.05, 3.63) is 23.9 Å². The van der Waals surface area contributed by atoms with Crippen LogP contribution in [0.25, 0.3) is 0 Å². The first-order chi connectivity index (χ1) is 5.38. The summed E-state index contributed by atoms with van der Waals surface area (Å²) >= 11 is 0. The average Bonchev–Trinajstić information content (AvgIpc) is 2.06. The van der Waals surface area contributed by atoms with Gasteiger partial charge in [-0.2, -0.15) is 0 Å².